The standard InChI is InChI=1S/C15H9BrFNO3/c1-8-3-2-4-10(15(19)20)14(8)21-11-6-5-9(7-18)12(16)13(11)17/h2-6H,1H3,(H,19,20). The van der Waals surface area contributed by atoms with Crippen LogP contribution in [0.1, 0.15) is 21.5 Å². The third kappa shape index (κ3) is 2.88. The number of halogens is 2. The molecule has 0 unspecified atom stereocenters. The molecule has 2 aromatic rings. The van der Waals surface area contributed by atoms with E-state index in [1.165, 1.54) is 18.2 Å². The predicted octanol–water partition coefficient (Wildman–Crippen LogP) is 4.26. The summed E-state index contributed by atoms with van der Waals surface area (Å²) < 4.78 is 19.5. The van der Waals surface area contributed by atoms with Crippen LogP contribution in [0, 0.1) is 24.1 Å². The molecule has 4 nitrogen and oxygen atoms in total. The lowest BCUT2D eigenvalue weighted by atomic mass is 10.1. The first-order valence-electron chi connectivity index (χ1n) is 5.84. The van der Waals surface area contributed by atoms with Crippen molar-refractivity contribution in [3.63, 3.8) is 0 Å². The van der Waals surface area contributed by atoms with Crippen LogP contribution < -0.4 is 4.74 Å². The van der Waals surface area contributed by atoms with Crippen molar-refractivity contribution in [3.05, 3.63) is 57.3 Å². The topological polar surface area (TPSA) is 70.3 Å². The highest BCUT2D eigenvalue weighted by Crippen LogP contribution is 2.34. The monoisotopic (exact) mass is 349 g/mol. The van der Waals surface area contributed by atoms with Crippen molar-refractivity contribution in [2.75, 3.05) is 0 Å². The molecule has 0 saturated carbocycles. The SMILES string of the molecule is Cc1cccc(C(=O)O)c1Oc1ccc(C#N)c(Br)c1F. The van der Waals surface area contributed by atoms with Gasteiger partial charge in [0.1, 0.15) is 17.4 Å². The first-order valence-corrected chi connectivity index (χ1v) is 6.64. The molecule has 0 bridgehead atoms. The zero-order chi connectivity index (χ0) is 15.6. The van der Waals surface area contributed by atoms with E-state index in [0.717, 1.165) is 0 Å². The van der Waals surface area contributed by atoms with Crippen molar-refractivity contribution >= 4 is 21.9 Å². The largest absolute Gasteiger partial charge is 0.478 e. The van der Waals surface area contributed by atoms with Gasteiger partial charge in [-0.05, 0) is 46.6 Å². The molecule has 0 atom stereocenters. The highest BCUT2D eigenvalue weighted by atomic mass is 79.9. The Balaban J connectivity index is 2.52. The van der Waals surface area contributed by atoms with Crippen molar-refractivity contribution in [2.24, 2.45) is 0 Å². The molecule has 0 aliphatic carbocycles. The molecule has 21 heavy (non-hydrogen) atoms. The van der Waals surface area contributed by atoms with E-state index in [1.54, 1.807) is 19.1 Å². The Morgan fingerprint density at radius 2 is 2.10 bits per heavy atom. The van der Waals surface area contributed by atoms with Gasteiger partial charge in [-0.1, -0.05) is 12.1 Å². The number of aryl methyl sites for hydroxylation is 1. The van der Waals surface area contributed by atoms with Gasteiger partial charge >= 0.3 is 5.97 Å². The molecule has 0 aromatic heterocycles. The summed E-state index contributed by atoms with van der Waals surface area (Å²) in [6.45, 7) is 1.67. The molecular weight excluding hydrogens is 341 g/mol. The summed E-state index contributed by atoms with van der Waals surface area (Å²) in [7, 11) is 0. The fraction of sp³-hybridized carbons (Fsp3) is 0.0667. The van der Waals surface area contributed by atoms with E-state index >= 15 is 0 Å². The number of carbonyl (C=O) groups is 1. The van der Waals surface area contributed by atoms with Crippen molar-refractivity contribution in [2.45, 2.75) is 6.92 Å². The summed E-state index contributed by atoms with van der Waals surface area (Å²) >= 11 is 2.98. The van der Waals surface area contributed by atoms with E-state index in [1.807, 2.05) is 6.07 Å². The second-order valence-electron chi connectivity index (χ2n) is 4.21. The number of ether oxygens (including phenoxy) is 1. The minimum Gasteiger partial charge on any atom is -0.478 e. The van der Waals surface area contributed by atoms with E-state index in [4.69, 9.17) is 15.1 Å². The minimum absolute atomic E-state index is 0.0204. The average molecular weight is 350 g/mol. The van der Waals surface area contributed by atoms with Crippen molar-refractivity contribution in [1.82, 2.24) is 0 Å². The number of benzene rings is 2. The zero-order valence-corrected chi connectivity index (χ0v) is 12.4. The molecule has 2 aromatic carbocycles. The number of rotatable bonds is 3. The lowest BCUT2D eigenvalue weighted by molar-refractivity contribution is 0.0694. The van der Waals surface area contributed by atoms with Crippen molar-refractivity contribution in [1.29, 1.82) is 5.26 Å². The summed E-state index contributed by atoms with van der Waals surface area (Å²) in [5.74, 6) is -2.01. The van der Waals surface area contributed by atoms with Crippen LogP contribution >= 0.6 is 15.9 Å². The molecule has 0 aliphatic heterocycles. The zero-order valence-electron chi connectivity index (χ0n) is 10.9. The summed E-state index contributed by atoms with van der Waals surface area (Å²) in [6, 6.07) is 9.13. The van der Waals surface area contributed by atoms with Gasteiger partial charge in [0.25, 0.3) is 0 Å². The third-order valence-corrected chi connectivity index (χ3v) is 3.60. The Hall–Kier alpha value is -2.39. The minimum atomic E-state index is -1.16. The van der Waals surface area contributed by atoms with Gasteiger partial charge in [-0.2, -0.15) is 5.26 Å². The number of hydrogen-bond donors (Lipinski definition) is 1. The molecule has 0 aliphatic rings. The van der Waals surface area contributed by atoms with Gasteiger partial charge in [-0.25, -0.2) is 9.18 Å². The lowest BCUT2D eigenvalue weighted by Gasteiger charge is -2.13. The molecule has 0 heterocycles. The maximum atomic E-state index is 14.1. The van der Waals surface area contributed by atoms with Crippen LogP contribution in [0.25, 0.3) is 0 Å². The van der Waals surface area contributed by atoms with Gasteiger partial charge in [0.2, 0.25) is 0 Å². The molecule has 0 radical (unpaired) electrons. The van der Waals surface area contributed by atoms with Gasteiger partial charge < -0.3 is 9.84 Å². The Morgan fingerprint density at radius 1 is 1.38 bits per heavy atom. The maximum absolute atomic E-state index is 14.1. The molecule has 106 valence electrons. The molecule has 0 saturated heterocycles. The first kappa shape index (κ1) is 15.0. The number of para-hydroxylation sites is 1. The Bertz CT molecular complexity index is 768. The Kier molecular flexibility index (Phi) is 4.24. The molecule has 2 rings (SSSR count). The number of nitriles is 1. The van der Waals surface area contributed by atoms with E-state index in [2.05, 4.69) is 15.9 Å². The molecule has 1 N–H and O–H groups in total. The number of hydrogen-bond acceptors (Lipinski definition) is 3. The summed E-state index contributed by atoms with van der Waals surface area (Å²) in [5, 5.41) is 18.0. The van der Waals surface area contributed by atoms with Crippen LogP contribution in [0.2, 0.25) is 0 Å². The highest BCUT2D eigenvalue weighted by molar-refractivity contribution is 9.10. The Labute approximate surface area is 128 Å². The number of carboxylic acid groups (broad SMARTS) is 1. The van der Waals surface area contributed by atoms with Crippen LogP contribution in [0.4, 0.5) is 4.39 Å². The van der Waals surface area contributed by atoms with Gasteiger partial charge in [-0.15, -0.1) is 0 Å². The number of carboxylic acids is 1. The van der Waals surface area contributed by atoms with Crippen LogP contribution in [0.5, 0.6) is 11.5 Å². The second-order valence-corrected chi connectivity index (χ2v) is 5.00. The first-order chi connectivity index (χ1) is 9.95. The Morgan fingerprint density at radius 3 is 2.71 bits per heavy atom. The fourth-order valence-corrected chi connectivity index (χ4v) is 2.18. The van der Waals surface area contributed by atoms with Gasteiger partial charge in [0.15, 0.2) is 11.6 Å². The molecule has 6 heteroatoms. The maximum Gasteiger partial charge on any atom is 0.339 e. The smallest absolute Gasteiger partial charge is 0.339 e. The van der Waals surface area contributed by atoms with Gasteiger partial charge in [0.05, 0.1) is 10.0 Å². The molecule has 0 amide bonds. The van der Waals surface area contributed by atoms with E-state index in [9.17, 15) is 9.18 Å². The summed E-state index contributed by atoms with van der Waals surface area (Å²) in [4.78, 5) is 11.2. The normalized spacial score (nSPS) is 10.0. The number of nitrogens with zero attached hydrogens (tertiary/aromatic N) is 1. The van der Waals surface area contributed by atoms with Crippen LogP contribution in [0.3, 0.4) is 0 Å². The van der Waals surface area contributed by atoms with E-state index in [0.29, 0.717) is 5.56 Å². The van der Waals surface area contributed by atoms with Crippen LogP contribution in [-0.4, -0.2) is 11.1 Å². The van der Waals surface area contributed by atoms with Crippen LogP contribution in [0.15, 0.2) is 34.8 Å². The molecular formula is C15H9BrFNO3. The average Bonchev–Trinajstić information content (AvgIpc) is 2.45. The quantitative estimate of drug-likeness (QED) is 0.898. The van der Waals surface area contributed by atoms with Crippen LogP contribution in [-0.2, 0) is 0 Å². The lowest BCUT2D eigenvalue weighted by Crippen LogP contribution is -2.02. The molecule has 0 fully saturated rings. The van der Waals surface area contributed by atoms with Crippen molar-refractivity contribution < 1.29 is 19.0 Å². The second kappa shape index (κ2) is 5.94. The van der Waals surface area contributed by atoms with Gasteiger partial charge in [-0.3, -0.25) is 0 Å². The van der Waals surface area contributed by atoms with E-state index in [-0.39, 0.29) is 27.1 Å². The third-order valence-electron chi connectivity index (χ3n) is 2.82. The summed E-state index contributed by atoms with van der Waals surface area (Å²) in [5.41, 5.74) is 0.632. The van der Waals surface area contributed by atoms with Gasteiger partial charge in [0, 0.05) is 0 Å². The predicted molar refractivity (Wildman–Crippen MR) is 77.0 cm³/mol. The highest BCUT2D eigenvalue weighted by Gasteiger charge is 2.18. The molecule has 0 spiro atoms. The fourth-order valence-electron chi connectivity index (χ4n) is 1.76. The van der Waals surface area contributed by atoms with E-state index < -0.39 is 11.8 Å². The van der Waals surface area contributed by atoms with Crippen molar-refractivity contribution in [3.8, 4) is 17.6 Å². The summed E-state index contributed by atoms with van der Waals surface area (Å²) in [6.07, 6.45) is 0. The number of aromatic carboxylic acids is 1.